The van der Waals surface area contributed by atoms with Gasteiger partial charge in [-0.2, -0.15) is 0 Å². The van der Waals surface area contributed by atoms with E-state index >= 15 is 0 Å². The molecule has 0 saturated carbocycles. The quantitative estimate of drug-likeness (QED) is 0.772. The molecule has 3 amide bonds. The molecule has 0 fully saturated rings. The molecule has 1 N–H and O–H groups in total. The number of carbonyl (C=O) groups is 3. The molecule has 0 spiro atoms. The van der Waals surface area contributed by atoms with E-state index in [9.17, 15) is 14.4 Å². The van der Waals surface area contributed by atoms with Crippen LogP contribution in [0.2, 0.25) is 0 Å². The summed E-state index contributed by atoms with van der Waals surface area (Å²) >= 11 is 0. The van der Waals surface area contributed by atoms with Crippen molar-refractivity contribution in [1.82, 2.24) is 15.1 Å². The fourth-order valence-electron chi connectivity index (χ4n) is 3.32. The van der Waals surface area contributed by atoms with Gasteiger partial charge in [0.1, 0.15) is 6.54 Å². The number of carbonyl (C=O) groups excluding carboxylic acids is 3. The Hall–Kier alpha value is -2.73. The number of amides is 3. The van der Waals surface area contributed by atoms with Crippen LogP contribution in [0.1, 0.15) is 34.6 Å². The third-order valence-electron chi connectivity index (χ3n) is 4.80. The number of benzene rings is 2. The molecular formula is C20H23N3O3. The smallest absolute Gasteiger partial charge is 0.261 e. The fraction of sp³-hybridized carbons (Fsp3) is 0.350. The molecule has 6 heteroatoms. The topological polar surface area (TPSA) is 69.7 Å². The van der Waals surface area contributed by atoms with Crippen LogP contribution in [-0.2, 0) is 4.79 Å². The molecule has 2 aromatic rings. The largest absolute Gasteiger partial charge is 0.353 e. The van der Waals surface area contributed by atoms with Gasteiger partial charge in [-0.3, -0.25) is 19.3 Å². The van der Waals surface area contributed by atoms with Crippen LogP contribution in [-0.4, -0.2) is 60.2 Å². The van der Waals surface area contributed by atoms with Gasteiger partial charge in [0.15, 0.2) is 0 Å². The third kappa shape index (κ3) is 3.32. The monoisotopic (exact) mass is 353 g/mol. The van der Waals surface area contributed by atoms with Gasteiger partial charge in [-0.15, -0.1) is 0 Å². The molecular weight excluding hydrogens is 330 g/mol. The Morgan fingerprint density at radius 1 is 1.00 bits per heavy atom. The zero-order valence-corrected chi connectivity index (χ0v) is 15.1. The summed E-state index contributed by atoms with van der Waals surface area (Å²) in [6, 6.07) is 10.7. The normalized spacial score (nSPS) is 13.6. The average Bonchev–Trinajstić information content (AvgIpc) is 2.66. The van der Waals surface area contributed by atoms with Crippen molar-refractivity contribution in [3.05, 3.63) is 47.5 Å². The maximum Gasteiger partial charge on any atom is 0.261 e. The van der Waals surface area contributed by atoms with Crippen molar-refractivity contribution in [1.29, 1.82) is 0 Å². The molecule has 0 aromatic heterocycles. The number of imide groups is 1. The molecule has 0 bridgehead atoms. The molecule has 1 heterocycles. The summed E-state index contributed by atoms with van der Waals surface area (Å²) in [6.45, 7) is 6.92. The first-order valence-electron chi connectivity index (χ1n) is 8.93. The molecule has 136 valence electrons. The molecule has 1 aliphatic rings. The molecule has 0 saturated heterocycles. The minimum absolute atomic E-state index is 0.263. The predicted molar refractivity (Wildman–Crippen MR) is 100 cm³/mol. The van der Waals surface area contributed by atoms with Crippen LogP contribution in [0.4, 0.5) is 0 Å². The molecule has 3 rings (SSSR count). The minimum Gasteiger partial charge on any atom is -0.353 e. The maximum atomic E-state index is 12.7. The highest BCUT2D eigenvalue weighted by Crippen LogP contribution is 2.29. The van der Waals surface area contributed by atoms with Crippen molar-refractivity contribution >= 4 is 28.5 Å². The van der Waals surface area contributed by atoms with E-state index < -0.39 is 11.8 Å². The molecule has 0 radical (unpaired) electrons. The second-order valence-electron chi connectivity index (χ2n) is 6.28. The molecule has 0 unspecified atom stereocenters. The zero-order valence-electron chi connectivity index (χ0n) is 15.1. The Balaban J connectivity index is 1.73. The van der Waals surface area contributed by atoms with E-state index in [2.05, 4.69) is 24.1 Å². The molecule has 0 atom stereocenters. The van der Waals surface area contributed by atoms with E-state index in [0.29, 0.717) is 23.1 Å². The summed E-state index contributed by atoms with van der Waals surface area (Å²) in [7, 11) is 0. The van der Waals surface area contributed by atoms with E-state index in [1.807, 2.05) is 12.1 Å². The van der Waals surface area contributed by atoms with Crippen LogP contribution in [0.3, 0.4) is 0 Å². The highest BCUT2D eigenvalue weighted by molar-refractivity contribution is 6.26. The summed E-state index contributed by atoms with van der Waals surface area (Å²) < 4.78 is 0. The van der Waals surface area contributed by atoms with Gasteiger partial charge >= 0.3 is 0 Å². The molecule has 1 aliphatic heterocycles. The Morgan fingerprint density at radius 3 is 2.12 bits per heavy atom. The van der Waals surface area contributed by atoms with Crippen molar-refractivity contribution < 1.29 is 14.4 Å². The van der Waals surface area contributed by atoms with Crippen LogP contribution in [0, 0.1) is 0 Å². The van der Waals surface area contributed by atoms with Gasteiger partial charge in [0.25, 0.3) is 11.8 Å². The standard InChI is InChI=1S/C20H23N3O3/c1-3-22(4-2)12-11-21-17(24)13-23-19(25)15-9-5-7-14-8-6-10-16(18(14)15)20(23)26/h5-10H,3-4,11-13H2,1-2H3,(H,21,24). The number of nitrogens with one attached hydrogen (secondary N) is 1. The van der Waals surface area contributed by atoms with E-state index in [1.165, 1.54) is 0 Å². The van der Waals surface area contributed by atoms with E-state index in [1.54, 1.807) is 24.3 Å². The Kier molecular flexibility index (Phi) is 5.32. The second-order valence-corrected chi connectivity index (χ2v) is 6.28. The van der Waals surface area contributed by atoms with Crippen LogP contribution in [0.15, 0.2) is 36.4 Å². The maximum absolute atomic E-state index is 12.7. The van der Waals surface area contributed by atoms with E-state index in [-0.39, 0.29) is 12.5 Å². The SMILES string of the molecule is CCN(CC)CCNC(=O)CN1C(=O)c2cccc3cccc(c23)C1=O. The number of likely N-dealkylation sites (N-methyl/N-ethyl adjacent to an activating group) is 1. The molecule has 0 aliphatic carbocycles. The number of rotatable bonds is 7. The van der Waals surface area contributed by atoms with Crippen LogP contribution < -0.4 is 5.32 Å². The van der Waals surface area contributed by atoms with Crippen molar-refractivity contribution in [2.75, 3.05) is 32.7 Å². The minimum atomic E-state index is -0.418. The van der Waals surface area contributed by atoms with Crippen molar-refractivity contribution in [2.24, 2.45) is 0 Å². The second kappa shape index (κ2) is 7.66. The Bertz CT molecular complexity index is 808. The first-order chi connectivity index (χ1) is 12.6. The van der Waals surface area contributed by atoms with Gasteiger partial charge in [-0.05, 0) is 30.6 Å². The lowest BCUT2D eigenvalue weighted by atomic mass is 9.94. The first kappa shape index (κ1) is 18.1. The van der Waals surface area contributed by atoms with Gasteiger partial charge in [-0.1, -0.05) is 38.1 Å². The van der Waals surface area contributed by atoms with E-state index in [4.69, 9.17) is 0 Å². The van der Waals surface area contributed by atoms with Crippen molar-refractivity contribution in [2.45, 2.75) is 13.8 Å². The highest BCUT2D eigenvalue weighted by Gasteiger charge is 2.33. The van der Waals surface area contributed by atoms with Gasteiger partial charge in [0, 0.05) is 29.6 Å². The summed E-state index contributed by atoms with van der Waals surface area (Å²) in [5, 5.41) is 4.31. The third-order valence-corrected chi connectivity index (χ3v) is 4.80. The summed E-state index contributed by atoms with van der Waals surface area (Å²) in [5.74, 6) is -1.17. The number of hydrogen-bond acceptors (Lipinski definition) is 4. The Labute approximate surface area is 152 Å². The zero-order chi connectivity index (χ0) is 18.7. The lowest BCUT2D eigenvalue weighted by molar-refractivity contribution is -0.121. The van der Waals surface area contributed by atoms with Gasteiger partial charge in [0.05, 0.1) is 0 Å². The fourth-order valence-corrected chi connectivity index (χ4v) is 3.32. The molecule has 26 heavy (non-hydrogen) atoms. The van der Waals surface area contributed by atoms with Gasteiger partial charge < -0.3 is 10.2 Å². The molecule has 6 nitrogen and oxygen atoms in total. The van der Waals surface area contributed by atoms with Crippen LogP contribution in [0.25, 0.3) is 10.8 Å². The predicted octanol–water partition coefficient (Wildman–Crippen LogP) is 1.89. The molecule has 2 aromatic carbocycles. The lowest BCUT2D eigenvalue weighted by Crippen LogP contribution is -2.47. The summed E-state index contributed by atoms with van der Waals surface area (Å²) in [4.78, 5) is 40.9. The number of hydrogen-bond donors (Lipinski definition) is 1. The highest BCUT2D eigenvalue weighted by atomic mass is 16.2. The lowest BCUT2D eigenvalue weighted by Gasteiger charge is -2.26. The van der Waals surface area contributed by atoms with Crippen molar-refractivity contribution in [3.63, 3.8) is 0 Å². The van der Waals surface area contributed by atoms with Crippen LogP contribution in [0.5, 0.6) is 0 Å². The Morgan fingerprint density at radius 2 is 1.58 bits per heavy atom. The van der Waals surface area contributed by atoms with Gasteiger partial charge in [-0.25, -0.2) is 0 Å². The summed E-state index contributed by atoms with van der Waals surface area (Å²) in [5.41, 5.74) is 0.933. The number of nitrogens with zero attached hydrogens (tertiary/aromatic N) is 2. The average molecular weight is 353 g/mol. The first-order valence-corrected chi connectivity index (χ1v) is 8.93. The van der Waals surface area contributed by atoms with Gasteiger partial charge in [0.2, 0.25) is 5.91 Å². The van der Waals surface area contributed by atoms with Crippen LogP contribution >= 0.6 is 0 Å². The van der Waals surface area contributed by atoms with Crippen molar-refractivity contribution in [3.8, 4) is 0 Å². The summed E-state index contributed by atoms with van der Waals surface area (Å²) in [6.07, 6.45) is 0. The van der Waals surface area contributed by atoms with E-state index in [0.717, 1.165) is 29.9 Å².